The molecule has 0 amide bonds. The molecule has 11 nitrogen and oxygen atoms in total. The number of nitrogens with zero attached hydrogens (tertiary/aromatic N) is 4. The van der Waals surface area contributed by atoms with Gasteiger partial charge in [-0.3, -0.25) is 0 Å². The number of thioether (sulfide) groups is 2. The summed E-state index contributed by atoms with van der Waals surface area (Å²) in [6, 6.07) is 23.4. The Bertz CT molecular complexity index is 1770. The van der Waals surface area contributed by atoms with E-state index in [9.17, 15) is 4.79 Å². The number of carbonyl (C=O) groups is 1. The number of hydrogen-bond donors (Lipinski definition) is 0. The summed E-state index contributed by atoms with van der Waals surface area (Å²) in [4.78, 5) is 11.6. The molecule has 49 heavy (non-hydrogen) atoms. The Hall–Kier alpha value is -4.33. The Morgan fingerprint density at radius 2 is 1.53 bits per heavy atom. The van der Waals surface area contributed by atoms with Crippen molar-refractivity contribution in [2.45, 2.75) is 62.4 Å². The second-order valence-corrected chi connectivity index (χ2v) is 13.7. The van der Waals surface area contributed by atoms with Gasteiger partial charge in [-0.25, -0.2) is 4.79 Å². The average Bonchev–Trinajstić information content (AvgIpc) is 3.80. The highest BCUT2D eigenvalue weighted by Crippen LogP contribution is 2.28. The summed E-state index contributed by atoms with van der Waals surface area (Å²) >= 11 is 3.00. The molecule has 256 valence electrons. The fraction of sp³-hybridized carbons (Fsp3) is 0.361. The van der Waals surface area contributed by atoms with E-state index in [-0.39, 0.29) is 25.3 Å². The van der Waals surface area contributed by atoms with Crippen LogP contribution >= 0.6 is 23.5 Å². The lowest BCUT2D eigenvalue weighted by molar-refractivity contribution is -0.00210. The Balaban J connectivity index is 0.869. The standard InChI is InChI=1S/C36H38N4O7S2/c1-24-6-13-29(14-7-24)44-21-32-38-40-36(47-32)49-23-31-15-10-27(20-43-31)18-26-4-3-5-30(19-26)45-22-33-37-39-35(46-33)48-17-16-25-8-11-28(12-9-25)34(41)42-2/h3-9,11-14,19,27,31H,10,15-18,20-23H2,1-2H3. The number of benzene rings is 3. The van der Waals surface area contributed by atoms with Crippen LogP contribution in [0.25, 0.3) is 0 Å². The third kappa shape index (κ3) is 10.6. The van der Waals surface area contributed by atoms with Gasteiger partial charge in [0.2, 0.25) is 0 Å². The molecule has 1 saturated heterocycles. The molecule has 2 unspecified atom stereocenters. The summed E-state index contributed by atoms with van der Waals surface area (Å²) < 4.78 is 34.2. The van der Waals surface area contributed by atoms with Gasteiger partial charge in [0.15, 0.2) is 13.2 Å². The molecule has 2 atom stereocenters. The maximum atomic E-state index is 11.6. The topological polar surface area (TPSA) is 132 Å². The lowest BCUT2D eigenvalue weighted by Gasteiger charge is -2.28. The molecule has 3 aromatic carbocycles. The van der Waals surface area contributed by atoms with Gasteiger partial charge in [-0.05, 0) is 86.1 Å². The summed E-state index contributed by atoms with van der Waals surface area (Å²) in [6.07, 6.45) is 3.91. The van der Waals surface area contributed by atoms with Crippen molar-refractivity contribution in [3.8, 4) is 11.5 Å². The molecular weight excluding hydrogens is 665 g/mol. The van der Waals surface area contributed by atoms with Gasteiger partial charge in [0.25, 0.3) is 22.2 Å². The zero-order valence-electron chi connectivity index (χ0n) is 27.4. The molecule has 1 fully saturated rings. The first kappa shape index (κ1) is 34.5. The number of methoxy groups -OCH3 is 1. The van der Waals surface area contributed by atoms with E-state index in [2.05, 4.69) is 32.5 Å². The molecule has 2 aromatic heterocycles. The second kappa shape index (κ2) is 17.4. The molecule has 13 heteroatoms. The van der Waals surface area contributed by atoms with E-state index >= 15 is 0 Å². The minimum Gasteiger partial charge on any atom is -0.484 e. The largest absolute Gasteiger partial charge is 0.484 e. The minimum absolute atomic E-state index is 0.145. The van der Waals surface area contributed by atoms with Crippen LogP contribution in [0.2, 0.25) is 0 Å². The van der Waals surface area contributed by atoms with Gasteiger partial charge < -0.3 is 27.8 Å². The van der Waals surface area contributed by atoms with Crippen LogP contribution in [0.4, 0.5) is 0 Å². The molecule has 0 radical (unpaired) electrons. The van der Waals surface area contributed by atoms with Gasteiger partial charge in [0.1, 0.15) is 11.5 Å². The predicted molar refractivity (Wildman–Crippen MR) is 184 cm³/mol. The summed E-state index contributed by atoms with van der Waals surface area (Å²) in [7, 11) is 1.37. The molecular formula is C36H38N4O7S2. The Morgan fingerprint density at radius 1 is 0.816 bits per heavy atom. The normalized spacial score (nSPS) is 16.0. The number of rotatable bonds is 16. The monoisotopic (exact) mass is 702 g/mol. The van der Waals surface area contributed by atoms with E-state index in [0.29, 0.717) is 40.3 Å². The molecule has 0 spiro atoms. The molecule has 1 aliphatic heterocycles. The maximum absolute atomic E-state index is 11.6. The van der Waals surface area contributed by atoms with Crippen molar-refractivity contribution in [2.75, 3.05) is 25.2 Å². The predicted octanol–water partition coefficient (Wildman–Crippen LogP) is 7.17. The van der Waals surface area contributed by atoms with Crippen molar-refractivity contribution < 1.29 is 32.6 Å². The summed E-state index contributed by atoms with van der Waals surface area (Å²) in [6.45, 7) is 3.17. The summed E-state index contributed by atoms with van der Waals surface area (Å²) in [5.74, 6) is 4.02. The first-order chi connectivity index (χ1) is 24.0. The second-order valence-electron chi connectivity index (χ2n) is 11.7. The van der Waals surface area contributed by atoms with E-state index in [4.69, 9.17) is 27.8 Å². The maximum Gasteiger partial charge on any atom is 0.337 e. The number of carbonyl (C=O) groups excluding carboxylic acids is 1. The van der Waals surface area contributed by atoms with E-state index in [0.717, 1.165) is 54.3 Å². The van der Waals surface area contributed by atoms with Crippen molar-refractivity contribution in [3.05, 3.63) is 107 Å². The smallest absolute Gasteiger partial charge is 0.337 e. The van der Waals surface area contributed by atoms with Crippen LogP contribution in [0.15, 0.2) is 92.1 Å². The Labute approximate surface area is 293 Å². The number of aryl methyl sites for hydroxylation is 2. The van der Waals surface area contributed by atoms with Gasteiger partial charge in [0.05, 0.1) is 25.4 Å². The zero-order valence-corrected chi connectivity index (χ0v) is 29.0. The quantitative estimate of drug-likeness (QED) is 0.0761. The van der Waals surface area contributed by atoms with Crippen LogP contribution in [-0.2, 0) is 35.5 Å². The number of esters is 1. The third-order valence-corrected chi connectivity index (χ3v) is 9.68. The SMILES string of the molecule is COC(=O)c1ccc(CCSc2nnc(COc3cccc(CC4CCC(CSc5nnc(COc6ccc(C)cc6)o5)OC4)c3)o2)cc1. The third-order valence-electron chi connectivity index (χ3n) is 7.91. The van der Waals surface area contributed by atoms with E-state index in [1.807, 2.05) is 55.5 Å². The van der Waals surface area contributed by atoms with Crippen molar-refractivity contribution in [2.24, 2.45) is 5.92 Å². The molecule has 0 saturated carbocycles. The van der Waals surface area contributed by atoms with E-state index in [1.54, 1.807) is 12.1 Å². The van der Waals surface area contributed by atoms with Crippen LogP contribution in [-0.4, -0.2) is 57.7 Å². The highest BCUT2D eigenvalue weighted by molar-refractivity contribution is 7.99. The highest BCUT2D eigenvalue weighted by atomic mass is 32.2. The Kier molecular flexibility index (Phi) is 12.2. The first-order valence-corrected chi connectivity index (χ1v) is 18.1. The van der Waals surface area contributed by atoms with Gasteiger partial charge in [-0.15, -0.1) is 20.4 Å². The van der Waals surface area contributed by atoms with E-state index < -0.39 is 0 Å². The van der Waals surface area contributed by atoms with Gasteiger partial charge >= 0.3 is 5.97 Å². The molecule has 3 heterocycles. The molecule has 6 rings (SSSR count). The van der Waals surface area contributed by atoms with E-state index in [1.165, 1.54) is 41.8 Å². The average molecular weight is 703 g/mol. The number of hydrogen-bond acceptors (Lipinski definition) is 13. The first-order valence-electron chi connectivity index (χ1n) is 16.1. The fourth-order valence-electron chi connectivity index (χ4n) is 5.23. The van der Waals surface area contributed by atoms with Gasteiger partial charge in [0, 0.05) is 11.5 Å². The fourth-order valence-corrected chi connectivity index (χ4v) is 6.84. The van der Waals surface area contributed by atoms with Crippen LogP contribution in [0.1, 0.15) is 51.7 Å². The Morgan fingerprint density at radius 3 is 2.22 bits per heavy atom. The number of aromatic nitrogens is 4. The van der Waals surface area contributed by atoms with Crippen molar-refractivity contribution in [1.29, 1.82) is 0 Å². The lowest BCUT2D eigenvalue weighted by atomic mass is 9.92. The van der Waals surface area contributed by atoms with Crippen molar-refractivity contribution >= 4 is 29.5 Å². The van der Waals surface area contributed by atoms with Gasteiger partial charge in [-0.1, -0.05) is 65.5 Å². The van der Waals surface area contributed by atoms with Crippen molar-refractivity contribution in [1.82, 2.24) is 20.4 Å². The molecule has 1 aliphatic rings. The molecule has 0 bridgehead atoms. The number of ether oxygens (including phenoxy) is 4. The molecule has 0 aliphatic carbocycles. The van der Waals surface area contributed by atoms with Gasteiger partial charge in [-0.2, -0.15) is 0 Å². The summed E-state index contributed by atoms with van der Waals surface area (Å²) in [5.41, 5.74) is 4.02. The van der Waals surface area contributed by atoms with Crippen LogP contribution < -0.4 is 9.47 Å². The molecule has 5 aromatic rings. The summed E-state index contributed by atoms with van der Waals surface area (Å²) in [5, 5.41) is 17.5. The zero-order chi connectivity index (χ0) is 33.8. The van der Waals surface area contributed by atoms with Crippen LogP contribution in [0.3, 0.4) is 0 Å². The molecule has 0 N–H and O–H groups in total. The lowest BCUT2D eigenvalue weighted by Crippen LogP contribution is -2.28. The highest BCUT2D eigenvalue weighted by Gasteiger charge is 2.23. The minimum atomic E-state index is -0.342. The van der Waals surface area contributed by atoms with Crippen LogP contribution in [0, 0.1) is 12.8 Å². The van der Waals surface area contributed by atoms with Crippen molar-refractivity contribution in [3.63, 3.8) is 0 Å². The van der Waals surface area contributed by atoms with Crippen LogP contribution in [0.5, 0.6) is 11.5 Å².